The third-order valence-corrected chi connectivity index (χ3v) is 7.03. The molecule has 1 N–H and O–H groups in total. The van der Waals surface area contributed by atoms with Crippen molar-refractivity contribution in [3.63, 3.8) is 0 Å². The van der Waals surface area contributed by atoms with E-state index in [2.05, 4.69) is 5.32 Å². The maximum absolute atomic E-state index is 13.2. The summed E-state index contributed by atoms with van der Waals surface area (Å²) in [6, 6.07) is 17.1. The Morgan fingerprint density at radius 1 is 1.13 bits per heavy atom. The van der Waals surface area contributed by atoms with Crippen LogP contribution >= 0.6 is 11.3 Å². The molecule has 0 radical (unpaired) electrons. The molecular formula is C22H22N2O4S2. The largest absolute Gasteiger partial charge is 0.495 e. The lowest BCUT2D eigenvalue weighted by Crippen LogP contribution is -2.30. The van der Waals surface area contributed by atoms with E-state index in [0.717, 1.165) is 4.88 Å². The number of benzene rings is 2. The minimum atomic E-state index is -3.83. The van der Waals surface area contributed by atoms with Crippen molar-refractivity contribution in [3.8, 4) is 5.75 Å². The topological polar surface area (TPSA) is 75.7 Å². The number of sulfonamides is 1. The van der Waals surface area contributed by atoms with Gasteiger partial charge in [0, 0.05) is 17.5 Å². The number of nitrogens with zero attached hydrogens (tertiary/aromatic N) is 1. The van der Waals surface area contributed by atoms with Crippen LogP contribution in [0.15, 0.2) is 77.0 Å². The van der Waals surface area contributed by atoms with E-state index < -0.39 is 10.0 Å². The van der Waals surface area contributed by atoms with Gasteiger partial charge in [-0.05, 0) is 54.8 Å². The Kier molecular flexibility index (Phi) is 6.91. The van der Waals surface area contributed by atoms with Crippen molar-refractivity contribution in [2.75, 3.05) is 23.3 Å². The van der Waals surface area contributed by atoms with Gasteiger partial charge in [-0.2, -0.15) is 0 Å². The molecule has 1 aromatic heterocycles. The smallest absolute Gasteiger partial charge is 0.264 e. The number of amides is 1. The number of thiophene rings is 1. The third-order valence-electron chi connectivity index (χ3n) is 4.29. The lowest BCUT2D eigenvalue weighted by molar-refractivity contribution is -0.111. The fourth-order valence-corrected chi connectivity index (χ4v) is 4.99. The molecule has 8 heteroatoms. The van der Waals surface area contributed by atoms with E-state index in [-0.39, 0.29) is 23.0 Å². The van der Waals surface area contributed by atoms with Gasteiger partial charge in [-0.1, -0.05) is 24.3 Å². The molecule has 1 heterocycles. The van der Waals surface area contributed by atoms with Crippen LogP contribution in [0.3, 0.4) is 0 Å². The number of methoxy groups -OCH3 is 1. The maximum atomic E-state index is 13.2. The first kappa shape index (κ1) is 21.6. The SMILES string of the molecule is CCN(c1ccccc1)S(=O)(=O)c1ccc(OC)c(NC(=O)/C=C\c2cccs2)c1. The molecule has 2 aromatic carbocycles. The maximum Gasteiger partial charge on any atom is 0.264 e. The predicted octanol–water partition coefficient (Wildman–Crippen LogP) is 4.62. The van der Waals surface area contributed by atoms with E-state index in [9.17, 15) is 13.2 Å². The van der Waals surface area contributed by atoms with Crippen molar-refractivity contribution in [1.29, 1.82) is 0 Å². The quantitative estimate of drug-likeness (QED) is 0.517. The van der Waals surface area contributed by atoms with E-state index >= 15 is 0 Å². The van der Waals surface area contributed by atoms with Crippen molar-refractivity contribution >= 4 is 44.7 Å². The summed E-state index contributed by atoms with van der Waals surface area (Å²) in [6.07, 6.45) is 3.09. The number of nitrogens with one attached hydrogen (secondary N) is 1. The van der Waals surface area contributed by atoms with Crippen molar-refractivity contribution in [1.82, 2.24) is 0 Å². The molecule has 1 amide bonds. The van der Waals surface area contributed by atoms with Crippen LogP contribution in [0.2, 0.25) is 0 Å². The van der Waals surface area contributed by atoms with Crippen molar-refractivity contribution < 1.29 is 17.9 Å². The fourth-order valence-electron chi connectivity index (χ4n) is 2.88. The van der Waals surface area contributed by atoms with Crippen molar-refractivity contribution in [2.24, 2.45) is 0 Å². The van der Waals surface area contributed by atoms with Crippen LogP contribution in [0.4, 0.5) is 11.4 Å². The molecule has 0 saturated heterocycles. The zero-order chi connectivity index (χ0) is 21.6. The van der Waals surface area contributed by atoms with Crippen LogP contribution in [0.1, 0.15) is 11.8 Å². The van der Waals surface area contributed by atoms with E-state index in [1.54, 1.807) is 37.3 Å². The number of rotatable bonds is 8. The van der Waals surface area contributed by atoms with Crippen LogP contribution in [-0.2, 0) is 14.8 Å². The summed E-state index contributed by atoms with van der Waals surface area (Å²) in [5.41, 5.74) is 0.851. The first-order valence-electron chi connectivity index (χ1n) is 9.24. The standard InChI is InChI=1S/C22H22N2O4S2/c1-3-24(17-8-5-4-6-9-17)30(26,27)19-12-13-21(28-2)20(16-19)23-22(25)14-11-18-10-7-15-29-18/h4-16H,3H2,1-2H3,(H,23,25)/b14-11-. The molecule has 156 valence electrons. The van der Waals surface area contributed by atoms with Gasteiger partial charge in [0.25, 0.3) is 10.0 Å². The van der Waals surface area contributed by atoms with E-state index in [4.69, 9.17) is 4.74 Å². The van der Waals surface area contributed by atoms with Gasteiger partial charge in [-0.15, -0.1) is 11.3 Å². The normalized spacial score (nSPS) is 11.4. The highest BCUT2D eigenvalue weighted by molar-refractivity contribution is 7.92. The summed E-state index contributed by atoms with van der Waals surface area (Å²) in [6.45, 7) is 2.04. The summed E-state index contributed by atoms with van der Waals surface area (Å²) in [7, 11) is -2.36. The molecule has 0 aliphatic carbocycles. The van der Waals surface area contributed by atoms with Crippen LogP contribution in [0.25, 0.3) is 6.08 Å². The highest BCUT2D eigenvalue weighted by Gasteiger charge is 2.25. The van der Waals surface area contributed by atoms with Crippen LogP contribution < -0.4 is 14.4 Å². The summed E-state index contributed by atoms with van der Waals surface area (Å²) >= 11 is 1.51. The van der Waals surface area contributed by atoms with Crippen molar-refractivity contribution in [3.05, 3.63) is 77.0 Å². The molecular weight excluding hydrogens is 420 g/mol. The first-order valence-corrected chi connectivity index (χ1v) is 11.6. The monoisotopic (exact) mass is 442 g/mol. The molecule has 3 aromatic rings. The Morgan fingerprint density at radius 3 is 2.53 bits per heavy atom. The summed E-state index contributed by atoms with van der Waals surface area (Å²) in [4.78, 5) is 13.3. The molecule has 0 spiro atoms. The number of carbonyl (C=O) groups is 1. The summed E-state index contributed by atoms with van der Waals surface area (Å²) in [5.74, 6) is -0.0127. The highest BCUT2D eigenvalue weighted by Crippen LogP contribution is 2.30. The second-order valence-electron chi connectivity index (χ2n) is 6.21. The molecule has 30 heavy (non-hydrogen) atoms. The van der Waals surface area contributed by atoms with Gasteiger partial charge >= 0.3 is 0 Å². The van der Waals surface area contributed by atoms with Gasteiger partial charge in [0.1, 0.15) is 5.75 Å². The molecule has 0 bridgehead atoms. The number of anilines is 2. The number of ether oxygens (including phenoxy) is 1. The van der Waals surface area contributed by atoms with Crippen LogP contribution in [0.5, 0.6) is 5.75 Å². The Hall–Kier alpha value is -3.10. The second-order valence-corrected chi connectivity index (χ2v) is 9.05. The van der Waals surface area contributed by atoms with Gasteiger partial charge in [0.2, 0.25) is 5.91 Å². The number of para-hydroxylation sites is 1. The first-order chi connectivity index (χ1) is 14.5. The molecule has 0 atom stereocenters. The van der Waals surface area contributed by atoms with E-state index in [1.165, 1.54) is 47.0 Å². The lowest BCUT2D eigenvalue weighted by atomic mass is 10.3. The van der Waals surface area contributed by atoms with Gasteiger partial charge in [0.05, 0.1) is 23.4 Å². The summed E-state index contributed by atoms with van der Waals surface area (Å²) < 4.78 is 33.1. The fraction of sp³-hybridized carbons (Fsp3) is 0.136. The number of hydrogen-bond acceptors (Lipinski definition) is 5. The van der Waals surface area contributed by atoms with E-state index in [1.807, 2.05) is 23.6 Å². The van der Waals surface area contributed by atoms with Crippen molar-refractivity contribution in [2.45, 2.75) is 11.8 Å². The highest BCUT2D eigenvalue weighted by atomic mass is 32.2. The van der Waals surface area contributed by atoms with Crippen LogP contribution in [-0.4, -0.2) is 28.0 Å². The zero-order valence-corrected chi connectivity index (χ0v) is 18.2. The van der Waals surface area contributed by atoms with Gasteiger partial charge in [-0.3, -0.25) is 9.10 Å². The Balaban J connectivity index is 1.90. The van der Waals surface area contributed by atoms with E-state index in [0.29, 0.717) is 11.4 Å². The van der Waals surface area contributed by atoms with Gasteiger partial charge < -0.3 is 10.1 Å². The zero-order valence-electron chi connectivity index (χ0n) is 16.6. The average molecular weight is 443 g/mol. The lowest BCUT2D eigenvalue weighted by Gasteiger charge is -2.23. The second kappa shape index (κ2) is 9.60. The van der Waals surface area contributed by atoms with Gasteiger partial charge in [0.15, 0.2) is 0 Å². The number of carbonyl (C=O) groups excluding carboxylic acids is 1. The molecule has 0 unspecified atom stereocenters. The average Bonchev–Trinajstić information content (AvgIpc) is 3.27. The summed E-state index contributed by atoms with van der Waals surface area (Å²) in [5, 5.41) is 4.62. The number of hydrogen-bond donors (Lipinski definition) is 1. The third kappa shape index (κ3) is 4.90. The molecule has 0 aliphatic rings. The molecule has 6 nitrogen and oxygen atoms in total. The van der Waals surface area contributed by atoms with Gasteiger partial charge in [-0.25, -0.2) is 8.42 Å². The Morgan fingerprint density at radius 2 is 1.90 bits per heavy atom. The van der Waals surface area contributed by atoms with Crippen LogP contribution in [0, 0.1) is 0 Å². The predicted molar refractivity (Wildman–Crippen MR) is 122 cm³/mol. The molecule has 0 fully saturated rings. The molecule has 0 saturated carbocycles. The minimum Gasteiger partial charge on any atom is -0.495 e. The molecule has 3 rings (SSSR count). The Bertz CT molecular complexity index is 1130. The molecule has 0 aliphatic heterocycles. The Labute approximate surface area is 180 Å². The minimum absolute atomic E-state index is 0.0616.